The van der Waals surface area contributed by atoms with Crippen LogP contribution in [-0.4, -0.2) is 81.7 Å². The topological polar surface area (TPSA) is 63.5 Å². The fourth-order valence-electron chi connectivity index (χ4n) is 5.62. The molecule has 9 heteroatoms. The van der Waals surface area contributed by atoms with Crippen LogP contribution in [-0.2, 0) is 16.1 Å². The van der Waals surface area contributed by atoms with E-state index in [1.807, 2.05) is 0 Å². The second-order valence-corrected chi connectivity index (χ2v) is 10.5. The summed E-state index contributed by atoms with van der Waals surface area (Å²) in [5.74, 6) is 1.72. The molecule has 2 atom stereocenters. The van der Waals surface area contributed by atoms with Crippen LogP contribution in [0.25, 0.3) is 11.4 Å². The van der Waals surface area contributed by atoms with Gasteiger partial charge in [0.1, 0.15) is 5.82 Å². The Morgan fingerprint density at radius 1 is 1.00 bits per heavy atom. The minimum Gasteiger partial charge on any atom is -0.379 e. The van der Waals surface area contributed by atoms with Gasteiger partial charge in [-0.25, -0.2) is 4.39 Å². The molecule has 184 valence electrons. The quantitative estimate of drug-likeness (QED) is 0.555. The van der Waals surface area contributed by atoms with Crippen LogP contribution < -0.4 is 0 Å². The Balaban J connectivity index is 1.29. The van der Waals surface area contributed by atoms with E-state index >= 15 is 0 Å². The fraction of sp³-hybridized carbons (Fsp3) is 0.640. The number of rotatable bonds is 7. The molecule has 2 aromatic rings. The number of fused-ring (bicyclic) bond motifs is 1. The molecule has 0 bridgehead atoms. The molecule has 34 heavy (non-hydrogen) atoms. The molecule has 2 saturated heterocycles. The van der Waals surface area contributed by atoms with Crippen molar-refractivity contribution in [3.05, 3.63) is 30.1 Å². The van der Waals surface area contributed by atoms with Gasteiger partial charge in [-0.3, -0.25) is 9.69 Å². The standard InChI is InChI=1S/C25H34FN5O2S/c26-21-9-7-20(8-10-21)24-27-28-25(31(24)13-12-29-14-16-33-17-15-29)34-18-23(32)30-11-3-5-19-4-1-2-6-22(19)30/h7-10,19,22H,1-6,11-18H2. The van der Waals surface area contributed by atoms with Crippen molar-refractivity contribution in [3.63, 3.8) is 0 Å². The smallest absolute Gasteiger partial charge is 0.233 e. The molecular weight excluding hydrogens is 453 g/mol. The number of nitrogens with zero attached hydrogens (tertiary/aromatic N) is 5. The number of amides is 1. The molecule has 0 spiro atoms. The van der Waals surface area contributed by atoms with Gasteiger partial charge in [0.25, 0.3) is 0 Å². The predicted octanol–water partition coefficient (Wildman–Crippen LogP) is 3.69. The van der Waals surface area contributed by atoms with E-state index in [0.717, 1.165) is 63.0 Å². The van der Waals surface area contributed by atoms with Gasteiger partial charge < -0.3 is 14.2 Å². The van der Waals surface area contributed by atoms with E-state index in [0.29, 0.717) is 30.1 Å². The van der Waals surface area contributed by atoms with Gasteiger partial charge in [-0.05, 0) is 55.9 Å². The average molecular weight is 488 g/mol. The van der Waals surface area contributed by atoms with Crippen molar-refractivity contribution >= 4 is 17.7 Å². The van der Waals surface area contributed by atoms with Crippen molar-refractivity contribution in [1.29, 1.82) is 0 Å². The Labute approximate surface area is 205 Å². The molecule has 3 fully saturated rings. The monoisotopic (exact) mass is 487 g/mol. The molecule has 0 N–H and O–H groups in total. The van der Waals surface area contributed by atoms with Gasteiger partial charge in [0.2, 0.25) is 5.91 Å². The van der Waals surface area contributed by atoms with Crippen LogP contribution in [0, 0.1) is 11.7 Å². The molecule has 3 heterocycles. The van der Waals surface area contributed by atoms with E-state index in [4.69, 9.17) is 4.74 Å². The fourth-order valence-corrected chi connectivity index (χ4v) is 6.47. The number of carbonyl (C=O) groups excluding carboxylic acids is 1. The highest BCUT2D eigenvalue weighted by Gasteiger charge is 2.35. The zero-order valence-electron chi connectivity index (χ0n) is 19.7. The lowest BCUT2D eigenvalue weighted by Crippen LogP contribution is -2.50. The number of carbonyl (C=O) groups is 1. The first-order chi connectivity index (χ1) is 16.7. The summed E-state index contributed by atoms with van der Waals surface area (Å²) in [5, 5.41) is 9.63. The molecule has 1 aliphatic carbocycles. The number of thioether (sulfide) groups is 1. The van der Waals surface area contributed by atoms with E-state index in [9.17, 15) is 9.18 Å². The van der Waals surface area contributed by atoms with Gasteiger partial charge in [-0.15, -0.1) is 10.2 Å². The van der Waals surface area contributed by atoms with E-state index in [1.54, 1.807) is 12.1 Å². The van der Waals surface area contributed by atoms with E-state index < -0.39 is 0 Å². The maximum atomic E-state index is 13.5. The van der Waals surface area contributed by atoms with Crippen LogP contribution in [0.3, 0.4) is 0 Å². The molecule has 2 aliphatic heterocycles. The van der Waals surface area contributed by atoms with Gasteiger partial charge in [0, 0.05) is 44.3 Å². The van der Waals surface area contributed by atoms with Crippen molar-refractivity contribution in [3.8, 4) is 11.4 Å². The van der Waals surface area contributed by atoms with Gasteiger partial charge in [0.15, 0.2) is 11.0 Å². The molecule has 3 aliphatic rings. The van der Waals surface area contributed by atoms with E-state index in [1.165, 1.54) is 49.6 Å². The number of hydrogen-bond donors (Lipinski definition) is 0. The van der Waals surface area contributed by atoms with Crippen molar-refractivity contribution in [1.82, 2.24) is 24.6 Å². The van der Waals surface area contributed by atoms with Crippen molar-refractivity contribution in [2.24, 2.45) is 5.92 Å². The molecule has 0 radical (unpaired) electrons. The third-order valence-electron chi connectivity index (χ3n) is 7.45. The predicted molar refractivity (Wildman–Crippen MR) is 130 cm³/mol. The zero-order valence-corrected chi connectivity index (χ0v) is 20.5. The Hall–Kier alpha value is -1.97. The molecule has 1 aromatic carbocycles. The summed E-state index contributed by atoms with van der Waals surface area (Å²) in [6.45, 7) is 5.77. The number of hydrogen-bond acceptors (Lipinski definition) is 6. The van der Waals surface area contributed by atoms with Crippen LogP contribution in [0.5, 0.6) is 0 Å². The Kier molecular flexibility index (Phi) is 7.81. The third kappa shape index (κ3) is 5.47. The van der Waals surface area contributed by atoms with Crippen molar-refractivity contribution in [2.75, 3.05) is 45.1 Å². The average Bonchev–Trinajstić information content (AvgIpc) is 3.29. The lowest BCUT2D eigenvalue weighted by molar-refractivity contribution is -0.134. The summed E-state index contributed by atoms with van der Waals surface area (Å²) in [4.78, 5) is 17.8. The second-order valence-electron chi connectivity index (χ2n) is 9.55. The molecule has 1 aromatic heterocycles. The summed E-state index contributed by atoms with van der Waals surface area (Å²) >= 11 is 1.47. The minimum atomic E-state index is -0.272. The third-order valence-corrected chi connectivity index (χ3v) is 8.40. The van der Waals surface area contributed by atoms with Gasteiger partial charge in [0.05, 0.1) is 19.0 Å². The highest BCUT2D eigenvalue weighted by atomic mass is 32.2. The highest BCUT2D eigenvalue weighted by molar-refractivity contribution is 7.99. The summed E-state index contributed by atoms with van der Waals surface area (Å²) in [6.07, 6.45) is 7.32. The zero-order chi connectivity index (χ0) is 23.3. The van der Waals surface area contributed by atoms with Crippen LogP contribution in [0.2, 0.25) is 0 Å². The van der Waals surface area contributed by atoms with Gasteiger partial charge >= 0.3 is 0 Å². The molecule has 2 unspecified atom stereocenters. The number of ether oxygens (including phenoxy) is 1. The number of benzene rings is 1. The summed E-state index contributed by atoms with van der Waals surface area (Å²) in [6, 6.07) is 6.79. The summed E-state index contributed by atoms with van der Waals surface area (Å²) in [5.41, 5.74) is 0.829. The van der Waals surface area contributed by atoms with Crippen molar-refractivity contribution in [2.45, 2.75) is 56.3 Å². The molecule has 1 amide bonds. The molecule has 1 saturated carbocycles. The van der Waals surface area contributed by atoms with Crippen LogP contribution >= 0.6 is 11.8 Å². The van der Waals surface area contributed by atoms with E-state index in [2.05, 4.69) is 24.6 Å². The Morgan fingerprint density at radius 3 is 2.59 bits per heavy atom. The highest BCUT2D eigenvalue weighted by Crippen LogP contribution is 2.36. The first kappa shape index (κ1) is 23.8. The number of likely N-dealkylation sites (tertiary alicyclic amines) is 1. The number of aromatic nitrogens is 3. The number of halogens is 1. The lowest BCUT2D eigenvalue weighted by Gasteiger charge is -2.44. The Morgan fingerprint density at radius 2 is 1.76 bits per heavy atom. The maximum absolute atomic E-state index is 13.5. The van der Waals surface area contributed by atoms with Crippen LogP contribution in [0.1, 0.15) is 38.5 Å². The number of morpholine rings is 1. The molecule has 7 nitrogen and oxygen atoms in total. The molecule has 5 rings (SSSR count). The molecular formula is C25H34FN5O2S. The Bertz CT molecular complexity index is 961. The normalized spacial score (nSPS) is 23.6. The van der Waals surface area contributed by atoms with E-state index in [-0.39, 0.29) is 11.7 Å². The largest absolute Gasteiger partial charge is 0.379 e. The first-order valence-corrected chi connectivity index (χ1v) is 13.6. The summed E-state index contributed by atoms with van der Waals surface area (Å²) in [7, 11) is 0. The van der Waals surface area contributed by atoms with Gasteiger partial charge in [-0.1, -0.05) is 24.6 Å². The van der Waals surface area contributed by atoms with Gasteiger partial charge in [-0.2, -0.15) is 0 Å². The lowest BCUT2D eigenvalue weighted by atomic mass is 9.78. The number of piperidine rings is 1. The van der Waals surface area contributed by atoms with Crippen LogP contribution in [0.15, 0.2) is 29.4 Å². The second kappa shape index (κ2) is 11.2. The first-order valence-electron chi connectivity index (χ1n) is 12.6. The SMILES string of the molecule is O=C(CSc1nnc(-c2ccc(F)cc2)n1CCN1CCOCC1)N1CCCC2CCCCC21. The van der Waals surface area contributed by atoms with Crippen molar-refractivity contribution < 1.29 is 13.9 Å². The maximum Gasteiger partial charge on any atom is 0.233 e. The summed E-state index contributed by atoms with van der Waals surface area (Å²) < 4.78 is 21.0. The van der Waals surface area contributed by atoms with Crippen LogP contribution in [0.4, 0.5) is 4.39 Å². The minimum absolute atomic E-state index is 0.215.